The Hall–Kier alpha value is -2.48. The molecule has 372 valence electrons. The van der Waals surface area contributed by atoms with Gasteiger partial charge in [-0.3, -0.25) is 19.2 Å². The highest BCUT2D eigenvalue weighted by Gasteiger charge is 2.33. The minimum Gasteiger partial charge on any atom is -0.379 e. The van der Waals surface area contributed by atoms with Gasteiger partial charge in [-0.25, -0.2) is 0 Å². The number of nitrogens with one attached hydrogen (secondary N) is 4. The van der Waals surface area contributed by atoms with Crippen molar-refractivity contribution in [1.29, 1.82) is 0 Å². The first kappa shape index (κ1) is 60.5. The molecule has 0 aromatic heterocycles. The molecule has 0 spiro atoms. The lowest BCUT2D eigenvalue weighted by Crippen LogP contribution is -2.50. The molecule has 0 saturated heterocycles. The highest BCUT2D eigenvalue weighted by atomic mass is 16.6. The second-order valence-corrected chi connectivity index (χ2v) is 15.2. The molecule has 0 saturated carbocycles. The van der Waals surface area contributed by atoms with Gasteiger partial charge < -0.3 is 63.9 Å². The van der Waals surface area contributed by atoms with Gasteiger partial charge >= 0.3 is 0 Å². The zero-order valence-electron chi connectivity index (χ0n) is 40.0. The Kier molecular flexibility index (Phi) is 45.6. The number of carbonyl (C=O) groups is 4. The minimum absolute atomic E-state index is 0.0864. The van der Waals surface area contributed by atoms with Crippen molar-refractivity contribution >= 4 is 23.6 Å². The maximum atomic E-state index is 13.6. The van der Waals surface area contributed by atoms with E-state index in [1.165, 1.54) is 32.1 Å². The number of ether oxygens (including phenoxy) is 9. The van der Waals surface area contributed by atoms with Crippen LogP contribution in [0.15, 0.2) is 0 Å². The summed E-state index contributed by atoms with van der Waals surface area (Å²) in [4.78, 5) is 53.0. The van der Waals surface area contributed by atoms with E-state index in [1.54, 1.807) is 0 Å². The molecule has 0 radical (unpaired) electrons. The number of unbranched alkanes of at least 4 members (excludes halogenated alkanes) is 8. The molecule has 0 rings (SSSR count). The Labute approximate surface area is 380 Å². The maximum absolute atomic E-state index is 13.6. The minimum atomic E-state index is -0.984. The Balaban J connectivity index is 5.45. The van der Waals surface area contributed by atoms with Gasteiger partial charge in [0.1, 0.15) is 0 Å². The fourth-order valence-electron chi connectivity index (χ4n) is 6.38. The predicted molar refractivity (Wildman–Crippen MR) is 244 cm³/mol. The van der Waals surface area contributed by atoms with Gasteiger partial charge in [-0.15, -0.1) is 0 Å². The molecule has 63 heavy (non-hydrogen) atoms. The largest absolute Gasteiger partial charge is 0.379 e. The second-order valence-electron chi connectivity index (χ2n) is 15.2. The fraction of sp³-hybridized carbons (Fsp3) is 0.913. The molecule has 0 aromatic carbocycles. The molecule has 0 aromatic rings. The molecule has 0 heterocycles. The Morgan fingerprint density at radius 3 is 0.937 bits per heavy atom. The quantitative estimate of drug-likeness (QED) is 0.0616. The summed E-state index contributed by atoms with van der Waals surface area (Å²) in [6, 6.07) is 0. The van der Waals surface area contributed by atoms with Crippen molar-refractivity contribution in [3.8, 4) is 0 Å². The molecule has 0 atom stereocenters. The van der Waals surface area contributed by atoms with Crippen LogP contribution in [0.5, 0.6) is 0 Å². The van der Waals surface area contributed by atoms with Crippen molar-refractivity contribution in [3.05, 3.63) is 0 Å². The Morgan fingerprint density at radius 1 is 0.333 bits per heavy atom. The number of amides is 4. The van der Waals surface area contributed by atoms with Gasteiger partial charge in [0.25, 0.3) is 0 Å². The van der Waals surface area contributed by atoms with E-state index < -0.39 is 5.54 Å². The van der Waals surface area contributed by atoms with Crippen LogP contribution in [0.1, 0.15) is 130 Å². The molecular weight excluding hydrogens is 817 g/mol. The Morgan fingerprint density at radius 2 is 0.619 bits per heavy atom. The van der Waals surface area contributed by atoms with Gasteiger partial charge in [0, 0.05) is 70.7 Å². The van der Waals surface area contributed by atoms with E-state index in [9.17, 15) is 19.2 Å². The van der Waals surface area contributed by atoms with Crippen molar-refractivity contribution in [2.24, 2.45) is 0 Å². The number of carbonyl (C=O) groups excluding carboxylic acids is 4. The summed E-state index contributed by atoms with van der Waals surface area (Å²) in [5.41, 5.74) is -0.984. The monoisotopic (exact) mass is 907 g/mol. The van der Waals surface area contributed by atoms with Gasteiger partial charge in [-0.05, 0) is 46.5 Å². The first-order valence-corrected chi connectivity index (χ1v) is 24.1. The van der Waals surface area contributed by atoms with E-state index in [2.05, 4.69) is 28.2 Å². The average Bonchev–Trinajstić information content (AvgIpc) is 3.28. The zero-order chi connectivity index (χ0) is 46.2. The second kappa shape index (κ2) is 47.5. The smallest absolute Gasteiger partial charge is 0.220 e. The third kappa shape index (κ3) is 43.2. The molecule has 0 fully saturated rings. The molecule has 0 bridgehead atoms. The van der Waals surface area contributed by atoms with Crippen LogP contribution in [-0.4, -0.2) is 168 Å². The topological polar surface area (TPSA) is 199 Å². The van der Waals surface area contributed by atoms with E-state index in [0.29, 0.717) is 145 Å². The third-order valence-electron chi connectivity index (χ3n) is 9.95. The van der Waals surface area contributed by atoms with E-state index in [0.717, 1.165) is 25.7 Å². The average molecular weight is 907 g/mol. The van der Waals surface area contributed by atoms with Crippen molar-refractivity contribution in [2.75, 3.05) is 139 Å². The van der Waals surface area contributed by atoms with E-state index >= 15 is 0 Å². The Bertz CT molecular complexity index is 962. The van der Waals surface area contributed by atoms with Crippen LogP contribution in [0, 0.1) is 0 Å². The molecule has 0 aliphatic rings. The van der Waals surface area contributed by atoms with E-state index in [4.69, 9.17) is 42.6 Å². The van der Waals surface area contributed by atoms with Crippen LogP contribution in [-0.2, 0) is 61.8 Å². The summed E-state index contributed by atoms with van der Waals surface area (Å²) in [6.07, 6.45) is 11.5. The molecular formula is C46H90N4O13. The molecule has 0 aliphatic carbocycles. The van der Waals surface area contributed by atoms with Crippen LogP contribution < -0.4 is 21.3 Å². The van der Waals surface area contributed by atoms with Crippen LogP contribution in [0.4, 0.5) is 0 Å². The summed E-state index contributed by atoms with van der Waals surface area (Å²) < 4.78 is 48.9. The van der Waals surface area contributed by atoms with Gasteiger partial charge in [0.2, 0.25) is 23.6 Å². The van der Waals surface area contributed by atoms with E-state index in [1.807, 2.05) is 20.8 Å². The van der Waals surface area contributed by atoms with Gasteiger partial charge in [0.05, 0.1) is 99.1 Å². The van der Waals surface area contributed by atoms with E-state index in [-0.39, 0.29) is 62.2 Å². The molecule has 0 aliphatic heterocycles. The highest BCUT2D eigenvalue weighted by molar-refractivity contribution is 5.80. The molecule has 17 nitrogen and oxygen atoms in total. The van der Waals surface area contributed by atoms with Crippen LogP contribution in [0.2, 0.25) is 0 Å². The van der Waals surface area contributed by atoms with Crippen LogP contribution in [0.25, 0.3) is 0 Å². The molecule has 4 N–H and O–H groups in total. The van der Waals surface area contributed by atoms with Crippen LogP contribution >= 0.6 is 0 Å². The standard InChI is InChI=1S/C46H90N4O13/c1-5-9-10-11-12-13-14-15-16-17-45(54)50-46(21-18-42(51)47-24-27-58-36-39-61-33-30-55-6-2,22-19-43(52)48-25-28-59-37-40-62-34-31-56-7-3)23-20-44(53)49-26-29-60-38-41-63-35-32-57-8-4/h5-41H2,1-4H3,(H,47,51)(H,48,52)(H,49,53)(H,50,54). The fourth-order valence-corrected chi connectivity index (χ4v) is 6.38. The SMILES string of the molecule is CCCCCCCCCCCC(=O)NC(CCC(=O)NCCOCCOCCOCC)(CCC(=O)NCCOCCOCCOCC)CCC(=O)NCCOCCOCCOCC. The molecule has 0 unspecified atom stereocenters. The lowest BCUT2D eigenvalue weighted by atomic mass is 9.82. The lowest BCUT2D eigenvalue weighted by Gasteiger charge is -2.35. The summed E-state index contributed by atoms with van der Waals surface area (Å²) >= 11 is 0. The maximum Gasteiger partial charge on any atom is 0.220 e. The lowest BCUT2D eigenvalue weighted by molar-refractivity contribution is -0.127. The normalized spacial score (nSPS) is 11.5. The number of rotatable bonds is 50. The summed E-state index contributed by atoms with van der Waals surface area (Å²) in [6.45, 7) is 17.4. The van der Waals surface area contributed by atoms with Crippen molar-refractivity contribution < 1.29 is 61.8 Å². The molecule has 4 amide bonds. The summed E-state index contributed by atoms with van der Waals surface area (Å²) in [5.74, 6) is -0.784. The van der Waals surface area contributed by atoms with Crippen molar-refractivity contribution in [2.45, 2.75) is 136 Å². The highest BCUT2D eigenvalue weighted by Crippen LogP contribution is 2.27. The first-order chi connectivity index (χ1) is 30.8. The predicted octanol–water partition coefficient (Wildman–Crippen LogP) is 4.66. The van der Waals surface area contributed by atoms with Crippen molar-refractivity contribution in [3.63, 3.8) is 0 Å². The first-order valence-electron chi connectivity index (χ1n) is 24.1. The van der Waals surface area contributed by atoms with Gasteiger partial charge in [-0.2, -0.15) is 0 Å². The van der Waals surface area contributed by atoms with Gasteiger partial charge in [0.15, 0.2) is 0 Å². The number of hydrogen-bond donors (Lipinski definition) is 4. The number of hydrogen-bond acceptors (Lipinski definition) is 13. The molecule has 17 heteroatoms. The van der Waals surface area contributed by atoms with Crippen molar-refractivity contribution in [1.82, 2.24) is 21.3 Å². The zero-order valence-corrected chi connectivity index (χ0v) is 40.0. The van der Waals surface area contributed by atoms with Gasteiger partial charge in [-0.1, -0.05) is 58.3 Å². The summed E-state index contributed by atoms with van der Waals surface area (Å²) in [7, 11) is 0. The van der Waals surface area contributed by atoms with Crippen LogP contribution in [0.3, 0.4) is 0 Å². The third-order valence-corrected chi connectivity index (χ3v) is 9.95. The summed E-state index contributed by atoms with van der Waals surface area (Å²) in [5, 5.41) is 11.9.